The molecule has 4 fully saturated rings. The minimum absolute atomic E-state index is 0. The van der Waals surface area contributed by atoms with Gasteiger partial charge in [-0.05, 0) is 38.8 Å². The van der Waals surface area contributed by atoms with Crippen molar-refractivity contribution in [2.75, 3.05) is 27.3 Å². The second kappa shape index (κ2) is 18.3. The van der Waals surface area contributed by atoms with E-state index in [1.54, 1.807) is 0 Å². The van der Waals surface area contributed by atoms with E-state index in [9.17, 15) is 19.8 Å². The van der Waals surface area contributed by atoms with E-state index in [-0.39, 0.29) is 71.3 Å². The molecular formula is C40H60Br2N2O6. The molecule has 2 aromatic rings. The minimum atomic E-state index is -0.572. The molecule has 0 amide bonds. The number of aliphatic hydroxyl groups excluding tert-OH is 2. The summed E-state index contributed by atoms with van der Waals surface area (Å²) in [5, 5.41) is 19.3. The number of piperidine rings is 2. The van der Waals surface area contributed by atoms with Gasteiger partial charge in [0.05, 0.1) is 63.6 Å². The maximum atomic E-state index is 12.6. The Kier molecular flexibility index (Phi) is 15.6. The van der Waals surface area contributed by atoms with Gasteiger partial charge in [0.1, 0.15) is 24.0 Å². The second-order valence-electron chi connectivity index (χ2n) is 15.8. The summed E-state index contributed by atoms with van der Waals surface area (Å²) in [6.07, 6.45) is 8.72. The summed E-state index contributed by atoms with van der Waals surface area (Å²) in [6.45, 7) is 8.79. The first-order valence-electron chi connectivity index (χ1n) is 18.4. The van der Waals surface area contributed by atoms with Crippen LogP contribution in [0, 0.1) is 0 Å². The Balaban J connectivity index is 0.000000260. The van der Waals surface area contributed by atoms with Crippen molar-refractivity contribution in [3.05, 3.63) is 71.8 Å². The quantitative estimate of drug-likeness (QED) is 0.253. The molecule has 50 heavy (non-hydrogen) atoms. The summed E-state index contributed by atoms with van der Waals surface area (Å²) in [5.41, 5.74) is 1.65. The second-order valence-corrected chi connectivity index (χ2v) is 15.8. The van der Waals surface area contributed by atoms with Crippen LogP contribution in [-0.2, 0) is 19.1 Å². The number of benzene rings is 2. The molecule has 0 saturated carbocycles. The molecule has 2 aromatic carbocycles. The zero-order chi connectivity index (χ0) is 34.6. The van der Waals surface area contributed by atoms with Crippen LogP contribution in [0.15, 0.2) is 60.7 Å². The number of halogens is 2. The average molecular weight is 825 g/mol. The van der Waals surface area contributed by atoms with Crippen LogP contribution >= 0.6 is 0 Å². The lowest BCUT2D eigenvalue weighted by Gasteiger charge is -2.49. The highest BCUT2D eigenvalue weighted by atomic mass is 79.9. The molecule has 2 N–H and O–H groups in total. The number of carbonyl (C=O) groups is 2. The van der Waals surface area contributed by atoms with Crippen LogP contribution in [0.4, 0.5) is 0 Å². The zero-order valence-electron chi connectivity index (χ0n) is 30.8. The van der Waals surface area contributed by atoms with E-state index in [1.165, 1.54) is 25.7 Å². The summed E-state index contributed by atoms with van der Waals surface area (Å²) < 4.78 is 13.9. The molecule has 4 heterocycles. The van der Waals surface area contributed by atoms with E-state index < -0.39 is 11.8 Å². The highest BCUT2D eigenvalue weighted by molar-refractivity contribution is 5.79. The van der Waals surface area contributed by atoms with Gasteiger partial charge >= 0.3 is 11.9 Å². The van der Waals surface area contributed by atoms with Crippen molar-refractivity contribution in [2.24, 2.45) is 0 Å². The summed E-state index contributed by atoms with van der Waals surface area (Å²) in [5.74, 6) is -1.71. The Labute approximate surface area is 321 Å². The topological polar surface area (TPSA) is 93.1 Å². The normalized spacial score (nSPS) is 32.1. The van der Waals surface area contributed by atoms with Gasteiger partial charge in [-0.15, -0.1) is 0 Å². The summed E-state index contributed by atoms with van der Waals surface area (Å²) in [4.78, 5) is 25.2. The van der Waals surface area contributed by atoms with Crippen molar-refractivity contribution in [3.63, 3.8) is 0 Å². The number of rotatable bonds is 10. The van der Waals surface area contributed by atoms with Crippen LogP contribution in [0.1, 0.15) is 102 Å². The van der Waals surface area contributed by atoms with Gasteiger partial charge in [-0.2, -0.15) is 0 Å². The minimum Gasteiger partial charge on any atom is -1.00 e. The lowest BCUT2D eigenvalue weighted by atomic mass is 9.94. The number of aliphatic hydroxyl groups is 2. The molecule has 8 nitrogen and oxygen atoms in total. The number of hydrogen-bond donors (Lipinski definition) is 2. The molecule has 0 aromatic heterocycles. The molecule has 4 aliphatic heterocycles. The molecule has 0 aliphatic carbocycles. The molecule has 280 valence electrons. The van der Waals surface area contributed by atoms with Gasteiger partial charge in [0, 0.05) is 51.4 Å². The highest BCUT2D eigenvalue weighted by Gasteiger charge is 2.55. The number of nitrogens with zero attached hydrogens (tertiary/aromatic N) is 2. The number of carbonyl (C=O) groups excluding carboxylic acids is 2. The molecule has 4 saturated heterocycles. The first-order valence-corrected chi connectivity index (χ1v) is 18.4. The standard InChI is InChI=1S/2C20H30NO3.2BrH/c2*1-14(2)21(3)16-9-10-17(21)12-18(11-16)24-20(23)19(13-22)15-7-5-4-6-8-15;;/h2*4-8,14,16-19,22H,9-13H2,1-3H3;2*1H/q2*+1;;/p-2/t2*16-,17+,18+,19?,21?;;. The Morgan fingerprint density at radius 3 is 1.12 bits per heavy atom. The number of fused-ring (bicyclic) bond motifs is 4. The predicted octanol–water partition coefficient (Wildman–Crippen LogP) is -0.284. The van der Waals surface area contributed by atoms with Gasteiger partial charge in [0.2, 0.25) is 0 Å². The number of quaternary nitrogens is 2. The third-order valence-electron chi connectivity index (χ3n) is 13.1. The molecule has 10 heteroatoms. The van der Waals surface area contributed by atoms with Gasteiger partial charge < -0.3 is 62.6 Å². The highest BCUT2D eigenvalue weighted by Crippen LogP contribution is 2.45. The average Bonchev–Trinajstić information content (AvgIpc) is 3.33. The maximum absolute atomic E-state index is 12.6. The molecule has 4 bridgehead atoms. The van der Waals surface area contributed by atoms with Crippen LogP contribution < -0.4 is 34.0 Å². The van der Waals surface area contributed by atoms with Gasteiger partial charge in [-0.3, -0.25) is 9.59 Å². The lowest BCUT2D eigenvalue weighted by molar-refractivity contribution is -0.968. The Hall–Kier alpha value is -1.82. The first-order chi connectivity index (χ1) is 22.9. The monoisotopic (exact) mass is 822 g/mol. The van der Waals surface area contributed by atoms with E-state index in [4.69, 9.17) is 9.47 Å². The van der Waals surface area contributed by atoms with Crippen molar-refractivity contribution < 1.29 is 72.2 Å². The van der Waals surface area contributed by atoms with E-state index in [2.05, 4.69) is 41.8 Å². The first kappa shape index (κ1) is 42.6. The Morgan fingerprint density at radius 2 is 0.880 bits per heavy atom. The Bertz CT molecular complexity index is 1230. The summed E-state index contributed by atoms with van der Waals surface area (Å²) in [6, 6.07) is 22.4. The molecule has 6 rings (SSSR count). The lowest BCUT2D eigenvalue weighted by Crippen LogP contribution is -3.00. The predicted molar refractivity (Wildman–Crippen MR) is 187 cm³/mol. The summed E-state index contributed by atoms with van der Waals surface area (Å²) >= 11 is 0. The van der Waals surface area contributed by atoms with Gasteiger partial charge in [0.25, 0.3) is 0 Å². The molecule has 0 radical (unpaired) electrons. The smallest absolute Gasteiger partial charge is 0.316 e. The van der Waals surface area contributed by atoms with Crippen molar-refractivity contribution in [1.29, 1.82) is 0 Å². The number of esters is 2. The summed E-state index contributed by atoms with van der Waals surface area (Å²) in [7, 11) is 4.73. The molecule has 4 aliphatic rings. The maximum Gasteiger partial charge on any atom is 0.316 e. The van der Waals surface area contributed by atoms with Gasteiger partial charge in [-0.25, -0.2) is 0 Å². The van der Waals surface area contributed by atoms with E-state index >= 15 is 0 Å². The van der Waals surface area contributed by atoms with E-state index in [0.717, 1.165) is 45.8 Å². The zero-order valence-corrected chi connectivity index (χ0v) is 34.0. The SMILES string of the molecule is CC(C)[N+]1(C)[C@@H]2CC[C@H]1C[C@@H](OC(=O)C(CO)c1ccccc1)C2.CC(C)[N+]1(C)[C@@H]2CC[C@H]1C[C@@H](OC(=O)C(CO)c1ccccc1)C2.[Br-].[Br-]. The fraction of sp³-hybridized carbons (Fsp3) is 0.650. The largest absolute Gasteiger partial charge is 1.00 e. The van der Waals surface area contributed by atoms with Crippen LogP contribution in [0.5, 0.6) is 0 Å². The third kappa shape index (κ3) is 8.69. The van der Waals surface area contributed by atoms with Crippen LogP contribution in [0.25, 0.3) is 0 Å². The van der Waals surface area contributed by atoms with Crippen LogP contribution in [0.3, 0.4) is 0 Å². The third-order valence-corrected chi connectivity index (χ3v) is 13.1. The fourth-order valence-corrected chi connectivity index (χ4v) is 9.64. The van der Waals surface area contributed by atoms with Crippen molar-refractivity contribution >= 4 is 11.9 Å². The van der Waals surface area contributed by atoms with E-state index in [0.29, 0.717) is 36.3 Å². The Morgan fingerprint density at radius 1 is 0.600 bits per heavy atom. The van der Waals surface area contributed by atoms with Crippen molar-refractivity contribution in [3.8, 4) is 0 Å². The number of ether oxygens (including phenoxy) is 2. The van der Waals surface area contributed by atoms with Crippen LogP contribution in [0.2, 0.25) is 0 Å². The van der Waals surface area contributed by atoms with Crippen LogP contribution in [-0.4, -0.2) is 107 Å². The molecule has 4 unspecified atom stereocenters. The fourth-order valence-electron chi connectivity index (χ4n) is 9.64. The van der Waals surface area contributed by atoms with Crippen molar-refractivity contribution in [2.45, 2.75) is 139 Å². The molecular weight excluding hydrogens is 764 g/mol. The molecule has 0 spiro atoms. The number of hydrogen-bond acceptors (Lipinski definition) is 6. The van der Waals surface area contributed by atoms with Gasteiger partial charge in [0.15, 0.2) is 0 Å². The van der Waals surface area contributed by atoms with Crippen molar-refractivity contribution in [1.82, 2.24) is 0 Å². The van der Waals surface area contributed by atoms with E-state index in [1.807, 2.05) is 60.7 Å². The van der Waals surface area contributed by atoms with Gasteiger partial charge in [-0.1, -0.05) is 60.7 Å². The molecule has 10 atom stereocenters.